The molecule has 0 aliphatic heterocycles. The summed E-state index contributed by atoms with van der Waals surface area (Å²) in [6, 6.07) is 5.88. The van der Waals surface area contributed by atoms with Gasteiger partial charge in [-0.05, 0) is 31.0 Å². The molecule has 1 aromatic rings. The van der Waals surface area contributed by atoms with E-state index in [9.17, 15) is 14.4 Å². The molecule has 2 unspecified atom stereocenters. The van der Waals surface area contributed by atoms with Crippen molar-refractivity contribution in [3.05, 3.63) is 29.8 Å². The highest BCUT2D eigenvalue weighted by atomic mass is 16.4. The van der Waals surface area contributed by atoms with Gasteiger partial charge in [-0.15, -0.1) is 0 Å². The lowest BCUT2D eigenvalue weighted by atomic mass is 9.95. The Bertz CT molecular complexity index is 554. The summed E-state index contributed by atoms with van der Waals surface area (Å²) in [4.78, 5) is 34.0. The number of carboxylic acids is 2. The molecule has 0 spiro atoms. The standard InChI is InChI=1S/C14H15NO5/c16-12(10-5-2-6-11(10)14(19)20)15-9-4-1-3-8(7-9)13(17)18/h1,3-4,7,10-11H,2,5-6H2,(H,15,16)(H,17,18)(H,19,20). The Morgan fingerprint density at radius 3 is 2.45 bits per heavy atom. The van der Waals surface area contributed by atoms with E-state index in [2.05, 4.69) is 5.32 Å². The monoisotopic (exact) mass is 277 g/mol. The molecule has 0 bridgehead atoms. The third kappa shape index (κ3) is 2.96. The summed E-state index contributed by atoms with van der Waals surface area (Å²) in [6.07, 6.45) is 1.76. The fourth-order valence-corrected chi connectivity index (χ4v) is 2.53. The molecule has 2 rings (SSSR count). The molecule has 1 amide bonds. The van der Waals surface area contributed by atoms with Crippen LogP contribution in [0, 0.1) is 11.8 Å². The lowest BCUT2D eigenvalue weighted by Crippen LogP contribution is -2.30. The van der Waals surface area contributed by atoms with Gasteiger partial charge in [0.1, 0.15) is 0 Å². The van der Waals surface area contributed by atoms with Crippen LogP contribution >= 0.6 is 0 Å². The molecule has 0 radical (unpaired) electrons. The zero-order valence-corrected chi connectivity index (χ0v) is 10.7. The van der Waals surface area contributed by atoms with Gasteiger partial charge >= 0.3 is 11.9 Å². The van der Waals surface area contributed by atoms with Crippen molar-refractivity contribution in [2.24, 2.45) is 11.8 Å². The summed E-state index contributed by atoms with van der Waals surface area (Å²) in [5, 5.41) is 20.5. The molecule has 1 fully saturated rings. The molecule has 1 aliphatic carbocycles. The maximum atomic E-state index is 12.1. The van der Waals surface area contributed by atoms with Crippen molar-refractivity contribution in [2.45, 2.75) is 19.3 Å². The van der Waals surface area contributed by atoms with Crippen LogP contribution in [0.15, 0.2) is 24.3 Å². The molecule has 0 heterocycles. The fraction of sp³-hybridized carbons (Fsp3) is 0.357. The first kappa shape index (κ1) is 14.0. The Morgan fingerprint density at radius 1 is 1.10 bits per heavy atom. The van der Waals surface area contributed by atoms with Crippen LogP contribution in [0.2, 0.25) is 0 Å². The first-order valence-electron chi connectivity index (χ1n) is 6.36. The molecule has 3 N–H and O–H groups in total. The molecular weight excluding hydrogens is 262 g/mol. The van der Waals surface area contributed by atoms with Gasteiger partial charge in [0.25, 0.3) is 0 Å². The van der Waals surface area contributed by atoms with Crippen LogP contribution in [0.1, 0.15) is 29.6 Å². The molecule has 0 aromatic heterocycles. The molecular formula is C14H15NO5. The molecule has 6 nitrogen and oxygen atoms in total. The van der Waals surface area contributed by atoms with Crippen molar-refractivity contribution in [1.29, 1.82) is 0 Å². The minimum absolute atomic E-state index is 0.0732. The zero-order valence-electron chi connectivity index (χ0n) is 10.7. The Labute approximate surface area is 115 Å². The first-order valence-corrected chi connectivity index (χ1v) is 6.36. The van der Waals surface area contributed by atoms with E-state index in [1.165, 1.54) is 18.2 Å². The van der Waals surface area contributed by atoms with Crippen molar-refractivity contribution < 1.29 is 24.6 Å². The number of aliphatic carboxylic acids is 1. The molecule has 0 saturated heterocycles. The summed E-state index contributed by atoms with van der Waals surface area (Å²) in [7, 11) is 0. The quantitative estimate of drug-likeness (QED) is 0.778. The van der Waals surface area contributed by atoms with E-state index in [-0.39, 0.29) is 11.5 Å². The van der Waals surface area contributed by atoms with Gasteiger partial charge in [0.2, 0.25) is 5.91 Å². The van der Waals surface area contributed by atoms with Crippen LogP contribution in [0.4, 0.5) is 5.69 Å². The average Bonchev–Trinajstić information content (AvgIpc) is 2.88. The van der Waals surface area contributed by atoms with Crippen LogP contribution < -0.4 is 5.32 Å². The van der Waals surface area contributed by atoms with Crippen molar-refractivity contribution in [2.75, 3.05) is 5.32 Å². The van der Waals surface area contributed by atoms with Crippen LogP contribution in [-0.2, 0) is 9.59 Å². The summed E-state index contributed by atoms with van der Waals surface area (Å²) in [5.74, 6) is -3.61. The minimum Gasteiger partial charge on any atom is -0.481 e. The number of carbonyl (C=O) groups excluding carboxylic acids is 1. The van der Waals surface area contributed by atoms with E-state index in [1.807, 2.05) is 0 Å². The first-order chi connectivity index (χ1) is 9.49. The molecule has 20 heavy (non-hydrogen) atoms. The van der Waals surface area contributed by atoms with Crippen molar-refractivity contribution in [1.82, 2.24) is 0 Å². The largest absolute Gasteiger partial charge is 0.481 e. The molecule has 2 atom stereocenters. The number of carbonyl (C=O) groups is 3. The predicted octanol–water partition coefficient (Wildman–Crippen LogP) is 1.82. The summed E-state index contributed by atoms with van der Waals surface area (Å²) in [6.45, 7) is 0. The maximum absolute atomic E-state index is 12.1. The zero-order chi connectivity index (χ0) is 14.7. The summed E-state index contributed by atoms with van der Waals surface area (Å²) < 4.78 is 0. The lowest BCUT2D eigenvalue weighted by Gasteiger charge is -2.15. The van der Waals surface area contributed by atoms with Gasteiger partial charge in [-0.3, -0.25) is 9.59 Å². The van der Waals surface area contributed by atoms with Gasteiger partial charge in [-0.2, -0.15) is 0 Å². The number of hydrogen-bond donors (Lipinski definition) is 3. The Kier molecular flexibility index (Phi) is 4.02. The predicted molar refractivity (Wildman–Crippen MR) is 70.5 cm³/mol. The van der Waals surface area contributed by atoms with E-state index in [4.69, 9.17) is 10.2 Å². The summed E-state index contributed by atoms with van der Waals surface area (Å²) >= 11 is 0. The van der Waals surface area contributed by atoms with Crippen LogP contribution in [0.5, 0.6) is 0 Å². The van der Waals surface area contributed by atoms with Crippen LogP contribution in [-0.4, -0.2) is 28.1 Å². The maximum Gasteiger partial charge on any atom is 0.335 e. The second kappa shape index (κ2) is 5.73. The topological polar surface area (TPSA) is 104 Å². The van der Waals surface area contributed by atoms with Crippen molar-refractivity contribution >= 4 is 23.5 Å². The lowest BCUT2D eigenvalue weighted by molar-refractivity contribution is -0.145. The highest BCUT2D eigenvalue weighted by molar-refractivity contribution is 5.97. The summed E-state index contributed by atoms with van der Waals surface area (Å²) in [5.41, 5.74) is 0.440. The number of aromatic carboxylic acids is 1. The van der Waals surface area contributed by atoms with Gasteiger partial charge in [-0.25, -0.2) is 4.79 Å². The number of carboxylic acid groups (broad SMARTS) is 2. The highest BCUT2D eigenvalue weighted by Crippen LogP contribution is 2.32. The highest BCUT2D eigenvalue weighted by Gasteiger charge is 2.37. The number of benzene rings is 1. The number of amides is 1. The third-order valence-corrected chi connectivity index (χ3v) is 3.55. The fourth-order valence-electron chi connectivity index (χ4n) is 2.53. The van der Waals surface area contributed by atoms with Crippen LogP contribution in [0.3, 0.4) is 0 Å². The number of nitrogens with one attached hydrogen (secondary N) is 1. The van der Waals surface area contributed by atoms with Gasteiger partial charge in [0.15, 0.2) is 0 Å². The van der Waals surface area contributed by atoms with Crippen molar-refractivity contribution in [3.8, 4) is 0 Å². The van der Waals surface area contributed by atoms with E-state index in [1.54, 1.807) is 6.07 Å². The Balaban J connectivity index is 2.09. The second-order valence-corrected chi connectivity index (χ2v) is 4.86. The molecule has 106 valence electrons. The second-order valence-electron chi connectivity index (χ2n) is 4.86. The SMILES string of the molecule is O=C(O)c1cccc(NC(=O)C2CCCC2C(=O)O)c1. The van der Waals surface area contributed by atoms with E-state index in [0.717, 1.165) is 0 Å². The number of anilines is 1. The third-order valence-electron chi connectivity index (χ3n) is 3.55. The van der Waals surface area contributed by atoms with Gasteiger partial charge in [0.05, 0.1) is 17.4 Å². The van der Waals surface area contributed by atoms with Gasteiger partial charge in [0, 0.05) is 5.69 Å². The Hall–Kier alpha value is -2.37. The molecule has 1 saturated carbocycles. The number of rotatable bonds is 4. The molecule has 1 aliphatic rings. The molecule has 6 heteroatoms. The number of hydrogen-bond acceptors (Lipinski definition) is 3. The average molecular weight is 277 g/mol. The normalized spacial score (nSPS) is 21.4. The van der Waals surface area contributed by atoms with E-state index < -0.39 is 23.8 Å². The molecule has 1 aromatic carbocycles. The van der Waals surface area contributed by atoms with Gasteiger partial charge in [-0.1, -0.05) is 12.5 Å². The van der Waals surface area contributed by atoms with E-state index >= 15 is 0 Å². The minimum atomic E-state index is -1.08. The smallest absolute Gasteiger partial charge is 0.335 e. The van der Waals surface area contributed by atoms with E-state index in [0.29, 0.717) is 24.9 Å². The van der Waals surface area contributed by atoms with Gasteiger partial charge < -0.3 is 15.5 Å². The Morgan fingerprint density at radius 2 is 1.80 bits per heavy atom. The van der Waals surface area contributed by atoms with Crippen molar-refractivity contribution in [3.63, 3.8) is 0 Å². The van der Waals surface area contributed by atoms with Crippen LogP contribution in [0.25, 0.3) is 0 Å².